The predicted molar refractivity (Wildman–Crippen MR) is 131 cm³/mol. The fraction of sp³-hybridized carbons (Fsp3) is 0.320. The van der Waals surface area contributed by atoms with Crippen LogP contribution < -0.4 is 9.47 Å². The number of hydrogen-bond donors (Lipinski definition) is 0. The monoisotopic (exact) mass is 467 g/mol. The maximum Gasteiger partial charge on any atom is 0.133 e. The van der Waals surface area contributed by atoms with Gasteiger partial charge in [0.1, 0.15) is 35.0 Å². The summed E-state index contributed by atoms with van der Waals surface area (Å²) in [5, 5.41) is 3.78. The average molecular weight is 468 g/mol. The molecule has 2 aromatic heterocycles. The fourth-order valence-corrected chi connectivity index (χ4v) is 5.19. The summed E-state index contributed by atoms with van der Waals surface area (Å²) in [5.74, 6) is 1.71. The summed E-state index contributed by atoms with van der Waals surface area (Å²) in [6.07, 6.45) is 4.11. The molecule has 1 saturated heterocycles. The molecule has 2 aromatic carbocycles. The van der Waals surface area contributed by atoms with Crippen LogP contribution in [0.3, 0.4) is 0 Å². The summed E-state index contributed by atoms with van der Waals surface area (Å²) in [4.78, 5) is 6.92. The SMILES string of the molecule is C[C@@H](Oc1csc(-n2cnc3ccc(OC4CCN(C)CC4)cc32)c1)c1ccccc1Cl. The van der Waals surface area contributed by atoms with E-state index in [-0.39, 0.29) is 12.2 Å². The molecule has 0 saturated carbocycles. The standard InChI is InChI=1S/C25H26ClN3O2S/c1-17(21-5-3-4-6-22(21)26)30-20-14-25(32-15-20)29-16-27-23-8-7-19(13-24(23)29)31-18-9-11-28(2)12-10-18/h3-8,13-18H,9-12H2,1-2H3/t17-/m1/s1. The van der Waals surface area contributed by atoms with Crippen LogP contribution in [0.4, 0.5) is 0 Å². The zero-order valence-electron chi connectivity index (χ0n) is 18.2. The second-order valence-corrected chi connectivity index (χ2v) is 9.58. The molecule has 0 radical (unpaired) electrons. The Labute approximate surface area is 197 Å². The first kappa shape index (κ1) is 21.3. The Morgan fingerprint density at radius 2 is 1.91 bits per heavy atom. The van der Waals surface area contributed by atoms with Crippen molar-refractivity contribution in [1.29, 1.82) is 0 Å². The highest BCUT2D eigenvalue weighted by Gasteiger charge is 2.19. The molecule has 1 aliphatic rings. The highest BCUT2D eigenvalue weighted by atomic mass is 35.5. The van der Waals surface area contributed by atoms with Crippen molar-refractivity contribution >= 4 is 34.0 Å². The zero-order chi connectivity index (χ0) is 22.1. The smallest absolute Gasteiger partial charge is 0.133 e. The highest BCUT2D eigenvalue weighted by molar-refractivity contribution is 7.12. The van der Waals surface area contributed by atoms with Gasteiger partial charge in [-0.05, 0) is 45.0 Å². The van der Waals surface area contributed by atoms with Crippen molar-refractivity contribution < 1.29 is 9.47 Å². The molecule has 1 aliphatic heterocycles. The minimum Gasteiger partial charge on any atom is -0.490 e. The summed E-state index contributed by atoms with van der Waals surface area (Å²) in [5.41, 5.74) is 2.95. The number of piperidine rings is 1. The van der Waals surface area contributed by atoms with Gasteiger partial charge < -0.3 is 14.4 Å². The van der Waals surface area contributed by atoms with Gasteiger partial charge in [-0.25, -0.2) is 4.98 Å². The summed E-state index contributed by atoms with van der Waals surface area (Å²) < 4.78 is 14.5. The van der Waals surface area contributed by atoms with E-state index in [0.717, 1.165) is 59.0 Å². The maximum absolute atomic E-state index is 6.32. The highest BCUT2D eigenvalue weighted by Crippen LogP contribution is 2.33. The Balaban J connectivity index is 1.34. The molecule has 3 heterocycles. The van der Waals surface area contributed by atoms with Gasteiger partial charge in [-0.15, -0.1) is 11.3 Å². The van der Waals surface area contributed by atoms with Gasteiger partial charge in [-0.1, -0.05) is 29.8 Å². The van der Waals surface area contributed by atoms with Crippen LogP contribution in [0.2, 0.25) is 5.02 Å². The van der Waals surface area contributed by atoms with Crippen LogP contribution in [0.25, 0.3) is 16.0 Å². The maximum atomic E-state index is 6.32. The Morgan fingerprint density at radius 3 is 2.72 bits per heavy atom. The van der Waals surface area contributed by atoms with Crippen LogP contribution in [0.5, 0.6) is 11.5 Å². The second kappa shape index (κ2) is 9.14. The van der Waals surface area contributed by atoms with Crippen molar-refractivity contribution in [3.63, 3.8) is 0 Å². The lowest BCUT2D eigenvalue weighted by Crippen LogP contribution is -2.35. The number of ether oxygens (including phenoxy) is 2. The summed E-state index contributed by atoms with van der Waals surface area (Å²) >= 11 is 7.95. The number of aromatic nitrogens is 2. The van der Waals surface area contributed by atoms with E-state index in [2.05, 4.69) is 27.6 Å². The molecular weight excluding hydrogens is 442 g/mol. The minimum absolute atomic E-state index is 0.139. The van der Waals surface area contributed by atoms with Gasteiger partial charge in [0, 0.05) is 41.2 Å². The number of likely N-dealkylation sites (tertiary alicyclic amines) is 1. The average Bonchev–Trinajstić information content (AvgIpc) is 3.42. The van der Waals surface area contributed by atoms with Gasteiger partial charge in [0.15, 0.2) is 0 Å². The van der Waals surface area contributed by atoms with E-state index in [1.54, 1.807) is 11.3 Å². The largest absolute Gasteiger partial charge is 0.490 e. The van der Waals surface area contributed by atoms with Crippen LogP contribution in [0, 0.1) is 0 Å². The predicted octanol–water partition coefficient (Wildman–Crippen LogP) is 6.35. The quantitative estimate of drug-likeness (QED) is 0.331. The lowest BCUT2D eigenvalue weighted by Gasteiger charge is -2.29. The Bertz CT molecular complexity index is 1210. The van der Waals surface area contributed by atoms with Crippen LogP contribution in [0.1, 0.15) is 31.4 Å². The molecular formula is C25H26ClN3O2S. The van der Waals surface area contributed by atoms with Gasteiger partial charge >= 0.3 is 0 Å². The molecule has 4 aromatic rings. The number of benzene rings is 2. The lowest BCUT2D eigenvalue weighted by molar-refractivity contribution is 0.114. The Morgan fingerprint density at radius 1 is 1.09 bits per heavy atom. The summed E-state index contributed by atoms with van der Waals surface area (Å²) in [6.45, 7) is 4.17. The fourth-order valence-electron chi connectivity index (χ4n) is 4.10. The van der Waals surface area contributed by atoms with Gasteiger partial charge in [0.25, 0.3) is 0 Å². The van der Waals surface area contributed by atoms with E-state index in [0.29, 0.717) is 5.02 Å². The zero-order valence-corrected chi connectivity index (χ0v) is 19.8. The van der Waals surface area contributed by atoms with Crippen molar-refractivity contribution in [3.05, 3.63) is 70.8 Å². The molecule has 0 amide bonds. The molecule has 166 valence electrons. The number of fused-ring (bicyclic) bond motifs is 1. The van der Waals surface area contributed by atoms with Gasteiger partial charge in [-0.3, -0.25) is 4.57 Å². The summed E-state index contributed by atoms with van der Waals surface area (Å²) in [7, 11) is 2.16. The lowest BCUT2D eigenvalue weighted by atomic mass is 10.1. The van der Waals surface area contributed by atoms with Crippen molar-refractivity contribution in [2.75, 3.05) is 20.1 Å². The van der Waals surface area contributed by atoms with Crippen molar-refractivity contribution in [2.24, 2.45) is 0 Å². The molecule has 0 unspecified atom stereocenters. The normalized spacial score (nSPS) is 16.3. The molecule has 1 fully saturated rings. The molecule has 0 aliphatic carbocycles. The third kappa shape index (κ3) is 4.49. The molecule has 5 nitrogen and oxygen atoms in total. The first-order valence-electron chi connectivity index (χ1n) is 10.9. The Kier molecular flexibility index (Phi) is 6.09. The van der Waals surface area contributed by atoms with Crippen LogP contribution in [0.15, 0.2) is 60.2 Å². The number of rotatable bonds is 6. The van der Waals surface area contributed by atoms with Gasteiger partial charge in [0.05, 0.1) is 11.0 Å². The van der Waals surface area contributed by atoms with E-state index in [1.165, 1.54) is 0 Å². The van der Waals surface area contributed by atoms with Crippen molar-refractivity contribution in [2.45, 2.75) is 32.0 Å². The minimum atomic E-state index is -0.139. The van der Waals surface area contributed by atoms with Crippen LogP contribution in [-0.2, 0) is 0 Å². The Hall–Kier alpha value is -2.54. The number of nitrogens with zero attached hydrogens (tertiary/aromatic N) is 3. The first-order chi connectivity index (χ1) is 15.6. The third-order valence-electron chi connectivity index (χ3n) is 5.94. The first-order valence-corrected chi connectivity index (χ1v) is 12.1. The van der Waals surface area contributed by atoms with Gasteiger partial charge in [-0.2, -0.15) is 0 Å². The molecule has 7 heteroatoms. The summed E-state index contributed by atoms with van der Waals surface area (Å²) in [6, 6.07) is 16.0. The molecule has 0 N–H and O–H groups in total. The van der Waals surface area contributed by atoms with E-state index in [1.807, 2.05) is 61.1 Å². The molecule has 0 spiro atoms. The van der Waals surface area contributed by atoms with Crippen LogP contribution >= 0.6 is 22.9 Å². The second-order valence-electron chi connectivity index (χ2n) is 8.29. The van der Waals surface area contributed by atoms with E-state index < -0.39 is 0 Å². The van der Waals surface area contributed by atoms with E-state index in [9.17, 15) is 0 Å². The molecule has 5 rings (SSSR count). The van der Waals surface area contributed by atoms with Crippen molar-refractivity contribution in [1.82, 2.24) is 14.5 Å². The number of halogens is 1. The number of hydrogen-bond acceptors (Lipinski definition) is 5. The van der Waals surface area contributed by atoms with Crippen molar-refractivity contribution in [3.8, 4) is 16.5 Å². The van der Waals surface area contributed by atoms with E-state index >= 15 is 0 Å². The molecule has 0 bridgehead atoms. The topological polar surface area (TPSA) is 39.5 Å². The number of imidazole rings is 1. The van der Waals surface area contributed by atoms with Gasteiger partial charge in [0.2, 0.25) is 0 Å². The van der Waals surface area contributed by atoms with E-state index in [4.69, 9.17) is 21.1 Å². The third-order valence-corrected chi connectivity index (χ3v) is 7.19. The molecule has 1 atom stereocenters. The molecule has 32 heavy (non-hydrogen) atoms. The number of thiophene rings is 1. The van der Waals surface area contributed by atoms with Crippen LogP contribution in [-0.4, -0.2) is 40.7 Å².